The summed E-state index contributed by atoms with van der Waals surface area (Å²) < 4.78 is 18.5. The van der Waals surface area contributed by atoms with Crippen LogP contribution >= 0.6 is 23.1 Å². The van der Waals surface area contributed by atoms with E-state index in [0.717, 1.165) is 14.6 Å². The van der Waals surface area contributed by atoms with E-state index < -0.39 is 0 Å². The number of nitrogens with zero attached hydrogens (tertiary/aromatic N) is 2. The predicted molar refractivity (Wildman–Crippen MR) is 151 cm³/mol. The molecule has 38 heavy (non-hydrogen) atoms. The van der Waals surface area contributed by atoms with Gasteiger partial charge in [-0.2, -0.15) is 5.10 Å². The molecule has 4 rings (SSSR count). The van der Waals surface area contributed by atoms with Crippen molar-refractivity contribution >= 4 is 57.0 Å². The summed E-state index contributed by atoms with van der Waals surface area (Å²) in [7, 11) is 1.54. The van der Waals surface area contributed by atoms with Gasteiger partial charge in [0.2, 0.25) is 0 Å². The number of carbonyl (C=O) groups is 2. The van der Waals surface area contributed by atoms with Crippen molar-refractivity contribution in [2.75, 3.05) is 31.4 Å². The van der Waals surface area contributed by atoms with Crippen molar-refractivity contribution in [3.8, 4) is 17.2 Å². The predicted octanol–water partition coefficient (Wildman–Crippen LogP) is 4.96. The molecule has 2 N–H and O–H groups in total. The number of hydrogen-bond acceptors (Lipinski definition) is 9. The molecule has 3 aromatic carbocycles. The number of para-hydroxylation sites is 3. The fraction of sp³-hybridized carbons (Fsp3) is 0.185. The van der Waals surface area contributed by atoms with Crippen LogP contribution in [0.4, 0.5) is 5.69 Å². The highest BCUT2D eigenvalue weighted by molar-refractivity contribution is 8.01. The summed E-state index contributed by atoms with van der Waals surface area (Å²) in [4.78, 5) is 29.1. The van der Waals surface area contributed by atoms with E-state index in [9.17, 15) is 9.59 Å². The van der Waals surface area contributed by atoms with Crippen molar-refractivity contribution in [3.05, 3.63) is 72.3 Å². The van der Waals surface area contributed by atoms with E-state index in [1.807, 2.05) is 37.3 Å². The van der Waals surface area contributed by atoms with Crippen LogP contribution in [0, 0.1) is 0 Å². The Morgan fingerprint density at radius 1 is 1.00 bits per heavy atom. The Labute approximate surface area is 228 Å². The molecule has 0 saturated heterocycles. The fourth-order valence-electron chi connectivity index (χ4n) is 3.32. The molecule has 1 heterocycles. The van der Waals surface area contributed by atoms with Crippen LogP contribution in [0.3, 0.4) is 0 Å². The van der Waals surface area contributed by atoms with E-state index in [4.69, 9.17) is 14.2 Å². The van der Waals surface area contributed by atoms with Crippen LogP contribution in [-0.2, 0) is 9.59 Å². The zero-order chi connectivity index (χ0) is 26.7. The number of fused-ring (bicyclic) bond motifs is 1. The van der Waals surface area contributed by atoms with E-state index in [-0.39, 0.29) is 24.2 Å². The number of thioether (sulfide) groups is 1. The lowest BCUT2D eigenvalue weighted by atomic mass is 10.2. The molecular weight excluding hydrogens is 524 g/mol. The van der Waals surface area contributed by atoms with E-state index in [2.05, 4.69) is 20.8 Å². The molecule has 4 aromatic rings. The number of hydrogen-bond donors (Lipinski definition) is 2. The number of aromatic nitrogens is 1. The third-order valence-electron chi connectivity index (χ3n) is 5.01. The van der Waals surface area contributed by atoms with Gasteiger partial charge in [-0.05, 0) is 55.0 Å². The van der Waals surface area contributed by atoms with Gasteiger partial charge in [0.25, 0.3) is 11.8 Å². The highest BCUT2D eigenvalue weighted by Crippen LogP contribution is 2.30. The highest BCUT2D eigenvalue weighted by atomic mass is 32.2. The van der Waals surface area contributed by atoms with Crippen molar-refractivity contribution in [1.29, 1.82) is 0 Å². The van der Waals surface area contributed by atoms with Gasteiger partial charge in [0.15, 0.2) is 22.4 Å². The molecule has 9 nitrogen and oxygen atoms in total. The zero-order valence-electron chi connectivity index (χ0n) is 20.8. The average molecular weight is 551 g/mol. The van der Waals surface area contributed by atoms with Crippen molar-refractivity contribution in [3.63, 3.8) is 0 Å². The molecule has 0 spiro atoms. The molecule has 0 bridgehead atoms. The van der Waals surface area contributed by atoms with Crippen molar-refractivity contribution in [2.45, 2.75) is 11.3 Å². The van der Waals surface area contributed by atoms with Crippen LogP contribution in [0.15, 0.2) is 76.2 Å². The van der Waals surface area contributed by atoms with Crippen molar-refractivity contribution < 1.29 is 23.8 Å². The molecule has 0 saturated carbocycles. The number of benzene rings is 3. The second-order valence-corrected chi connectivity index (χ2v) is 9.96. The summed E-state index contributed by atoms with van der Waals surface area (Å²) in [6, 6.07) is 20.1. The molecule has 0 aliphatic rings. The molecule has 2 amide bonds. The molecular formula is C27H26N4O5S2. The van der Waals surface area contributed by atoms with Crippen LogP contribution in [0.2, 0.25) is 0 Å². The molecule has 1 aromatic heterocycles. The molecule has 0 atom stereocenters. The fourth-order valence-corrected chi connectivity index (χ4v) is 5.18. The van der Waals surface area contributed by atoms with Gasteiger partial charge in [0.1, 0.15) is 5.75 Å². The quantitative estimate of drug-likeness (QED) is 0.146. The number of methoxy groups -OCH3 is 1. The Kier molecular flexibility index (Phi) is 9.54. The van der Waals surface area contributed by atoms with Crippen LogP contribution in [-0.4, -0.2) is 49.1 Å². The number of rotatable bonds is 12. The minimum absolute atomic E-state index is 0.199. The van der Waals surface area contributed by atoms with Gasteiger partial charge in [-0.3, -0.25) is 9.59 Å². The number of nitrogens with one attached hydrogen (secondary N) is 2. The maximum Gasteiger partial charge on any atom is 0.262 e. The summed E-state index contributed by atoms with van der Waals surface area (Å²) in [6.45, 7) is 2.04. The average Bonchev–Trinajstić information content (AvgIpc) is 3.35. The Bertz CT molecular complexity index is 1410. The van der Waals surface area contributed by atoms with Crippen LogP contribution in [0.5, 0.6) is 17.2 Å². The topological polar surface area (TPSA) is 111 Å². The first-order chi connectivity index (χ1) is 18.6. The number of carbonyl (C=O) groups excluding carboxylic acids is 2. The standard InChI is InChI=1S/C27H26N4O5S2/c1-3-35-23-14-18(12-13-22(23)36-16-25(32)29-19-8-4-6-10-21(19)34-2)15-28-31-26(33)17-37-27-30-20-9-5-7-11-24(20)38-27/h4-15H,3,16-17H2,1-2H3,(H,29,32)(H,31,33)/b28-15+. The van der Waals surface area contributed by atoms with Crippen LogP contribution < -0.4 is 25.0 Å². The maximum absolute atomic E-state index is 12.4. The summed E-state index contributed by atoms with van der Waals surface area (Å²) in [5.74, 6) is 1.05. The first-order valence-electron chi connectivity index (χ1n) is 11.7. The number of amides is 2. The van der Waals surface area contributed by atoms with Crippen molar-refractivity contribution in [1.82, 2.24) is 10.4 Å². The van der Waals surface area contributed by atoms with E-state index in [0.29, 0.717) is 35.1 Å². The summed E-state index contributed by atoms with van der Waals surface area (Å²) >= 11 is 2.92. The summed E-state index contributed by atoms with van der Waals surface area (Å²) in [6.07, 6.45) is 1.51. The summed E-state index contributed by atoms with van der Waals surface area (Å²) in [5.41, 5.74) is 4.70. The number of hydrazone groups is 1. The lowest BCUT2D eigenvalue weighted by Crippen LogP contribution is -2.20. The van der Waals surface area contributed by atoms with Gasteiger partial charge in [0.05, 0.1) is 41.6 Å². The second kappa shape index (κ2) is 13.5. The highest BCUT2D eigenvalue weighted by Gasteiger charge is 2.11. The lowest BCUT2D eigenvalue weighted by Gasteiger charge is -2.13. The maximum atomic E-state index is 12.4. The Morgan fingerprint density at radius 3 is 2.63 bits per heavy atom. The first kappa shape index (κ1) is 27.0. The monoisotopic (exact) mass is 550 g/mol. The van der Waals surface area contributed by atoms with E-state index in [1.54, 1.807) is 47.7 Å². The Balaban J connectivity index is 1.29. The Morgan fingerprint density at radius 2 is 1.82 bits per heavy atom. The number of thiazole rings is 1. The van der Waals surface area contributed by atoms with Gasteiger partial charge < -0.3 is 19.5 Å². The van der Waals surface area contributed by atoms with Gasteiger partial charge in [-0.15, -0.1) is 11.3 Å². The molecule has 0 radical (unpaired) electrons. The molecule has 0 unspecified atom stereocenters. The van der Waals surface area contributed by atoms with E-state index in [1.165, 1.54) is 25.1 Å². The minimum Gasteiger partial charge on any atom is -0.495 e. The van der Waals surface area contributed by atoms with Crippen LogP contribution in [0.25, 0.3) is 10.2 Å². The SMILES string of the molecule is CCOc1cc(/C=N/NC(=O)CSc2nc3ccccc3s2)ccc1OCC(=O)Nc1ccccc1OC. The van der Waals surface area contributed by atoms with Gasteiger partial charge >= 0.3 is 0 Å². The molecule has 11 heteroatoms. The number of anilines is 1. The normalized spacial score (nSPS) is 10.9. The first-order valence-corrected chi connectivity index (χ1v) is 13.5. The second-order valence-electron chi connectivity index (χ2n) is 7.71. The molecule has 0 fully saturated rings. The molecule has 196 valence electrons. The summed E-state index contributed by atoms with van der Waals surface area (Å²) in [5, 5.41) is 6.80. The Hall–Kier alpha value is -4.09. The van der Waals surface area contributed by atoms with Crippen molar-refractivity contribution in [2.24, 2.45) is 5.10 Å². The minimum atomic E-state index is -0.339. The smallest absolute Gasteiger partial charge is 0.262 e. The lowest BCUT2D eigenvalue weighted by molar-refractivity contribution is -0.119. The van der Waals surface area contributed by atoms with E-state index >= 15 is 0 Å². The molecule has 0 aliphatic carbocycles. The van der Waals surface area contributed by atoms with Gasteiger partial charge in [-0.25, -0.2) is 10.4 Å². The van der Waals surface area contributed by atoms with Gasteiger partial charge in [0, 0.05) is 0 Å². The van der Waals surface area contributed by atoms with Crippen LogP contribution in [0.1, 0.15) is 12.5 Å². The third kappa shape index (κ3) is 7.46. The van der Waals surface area contributed by atoms with Gasteiger partial charge in [-0.1, -0.05) is 36.0 Å². The molecule has 0 aliphatic heterocycles. The number of ether oxygens (including phenoxy) is 3. The zero-order valence-corrected chi connectivity index (χ0v) is 22.4. The largest absolute Gasteiger partial charge is 0.495 e. The third-order valence-corrected chi connectivity index (χ3v) is 7.19.